The maximum Gasteiger partial charge on any atom is 0.432 e. The first-order valence-electron chi connectivity index (χ1n) is 7.52. The first-order chi connectivity index (χ1) is 11.8. The Hall–Kier alpha value is -2.54. The van der Waals surface area contributed by atoms with E-state index in [1.807, 2.05) is 30.3 Å². The van der Waals surface area contributed by atoms with Crippen LogP contribution >= 0.6 is 0 Å². The van der Waals surface area contributed by atoms with Gasteiger partial charge in [-0.15, -0.1) is 0 Å². The molecule has 1 atom stereocenters. The second-order valence-electron chi connectivity index (χ2n) is 5.23. The van der Waals surface area contributed by atoms with Gasteiger partial charge >= 0.3 is 12.1 Å². The summed E-state index contributed by atoms with van der Waals surface area (Å²) in [5.74, 6) is -1.46. The van der Waals surface area contributed by atoms with Crippen LogP contribution in [-0.4, -0.2) is 23.9 Å². The predicted octanol–water partition coefficient (Wildman–Crippen LogP) is 3.58. The zero-order chi connectivity index (χ0) is 18.5. The zero-order valence-electron chi connectivity index (χ0n) is 13.4. The van der Waals surface area contributed by atoms with Crippen LogP contribution in [0.2, 0.25) is 0 Å². The molecule has 0 aliphatic carbocycles. The Morgan fingerprint density at radius 2 is 1.64 bits per heavy atom. The van der Waals surface area contributed by atoms with Crippen molar-refractivity contribution in [2.45, 2.75) is 25.3 Å². The Bertz CT molecular complexity index is 699. The van der Waals surface area contributed by atoms with Crippen molar-refractivity contribution in [3.63, 3.8) is 0 Å². The highest BCUT2D eigenvalue weighted by atomic mass is 19.4. The molecule has 0 unspecified atom stereocenters. The van der Waals surface area contributed by atoms with Crippen LogP contribution in [0.1, 0.15) is 18.1 Å². The standard InChI is InChI=1S/C18H17F3O4/c1-2-24-16(22)17(23,18(19,20)21)14-8-10-15(11-9-14)25-12-13-6-4-3-5-7-13/h3-11,23H,2,12H2,1H3/t17-/m1/s1. The van der Waals surface area contributed by atoms with Crippen molar-refractivity contribution in [3.8, 4) is 5.75 Å². The van der Waals surface area contributed by atoms with Gasteiger partial charge in [0, 0.05) is 5.56 Å². The number of aliphatic hydroxyl groups is 1. The van der Waals surface area contributed by atoms with Gasteiger partial charge in [0.15, 0.2) is 0 Å². The number of carbonyl (C=O) groups is 1. The maximum atomic E-state index is 13.3. The molecule has 0 aliphatic rings. The molecule has 4 nitrogen and oxygen atoms in total. The summed E-state index contributed by atoms with van der Waals surface area (Å²) in [6, 6.07) is 13.7. The van der Waals surface area contributed by atoms with E-state index in [0.29, 0.717) is 5.75 Å². The molecule has 7 heteroatoms. The van der Waals surface area contributed by atoms with Crippen LogP contribution < -0.4 is 4.74 Å². The van der Waals surface area contributed by atoms with Crippen LogP contribution in [0, 0.1) is 0 Å². The fraction of sp³-hybridized carbons (Fsp3) is 0.278. The molecule has 25 heavy (non-hydrogen) atoms. The third kappa shape index (κ3) is 4.11. The average molecular weight is 354 g/mol. The summed E-state index contributed by atoms with van der Waals surface area (Å²) in [5.41, 5.74) is -3.46. The van der Waals surface area contributed by atoms with Gasteiger partial charge in [-0.3, -0.25) is 0 Å². The Balaban J connectivity index is 2.19. The lowest BCUT2D eigenvalue weighted by Gasteiger charge is -2.28. The molecule has 134 valence electrons. The highest BCUT2D eigenvalue weighted by Crippen LogP contribution is 2.40. The van der Waals surface area contributed by atoms with Crippen molar-refractivity contribution >= 4 is 5.97 Å². The summed E-state index contributed by atoms with van der Waals surface area (Å²) in [6.45, 7) is 1.31. The minimum Gasteiger partial charge on any atom is -0.489 e. The monoisotopic (exact) mass is 354 g/mol. The van der Waals surface area contributed by atoms with Crippen molar-refractivity contribution in [3.05, 3.63) is 65.7 Å². The van der Waals surface area contributed by atoms with Crippen molar-refractivity contribution in [1.29, 1.82) is 0 Å². The number of rotatable bonds is 6. The van der Waals surface area contributed by atoms with E-state index in [4.69, 9.17) is 4.74 Å². The fourth-order valence-corrected chi connectivity index (χ4v) is 2.17. The Morgan fingerprint density at radius 1 is 1.04 bits per heavy atom. The largest absolute Gasteiger partial charge is 0.489 e. The van der Waals surface area contributed by atoms with Gasteiger partial charge in [0.1, 0.15) is 12.4 Å². The number of hydrogen-bond donors (Lipinski definition) is 1. The van der Waals surface area contributed by atoms with Crippen LogP contribution in [0.3, 0.4) is 0 Å². The molecule has 0 saturated heterocycles. The van der Waals surface area contributed by atoms with Gasteiger partial charge in [0.2, 0.25) is 0 Å². The first kappa shape index (κ1) is 18.8. The Morgan fingerprint density at radius 3 is 2.16 bits per heavy atom. The van der Waals surface area contributed by atoms with Gasteiger partial charge in [-0.2, -0.15) is 13.2 Å². The van der Waals surface area contributed by atoms with Crippen LogP contribution in [-0.2, 0) is 21.7 Å². The molecule has 0 amide bonds. The summed E-state index contributed by atoms with van der Waals surface area (Å²) < 4.78 is 49.6. The van der Waals surface area contributed by atoms with Gasteiger partial charge in [0.05, 0.1) is 6.61 Å². The van der Waals surface area contributed by atoms with E-state index in [2.05, 4.69) is 4.74 Å². The van der Waals surface area contributed by atoms with Gasteiger partial charge in [0.25, 0.3) is 5.60 Å². The third-order valence-corrected chi connectivity index (χ3v) is 3.50. The highest BCUT2D eigenvalue weighted by Gasteiger charge is 2.62. The second kappa shape index (κ2) is 7.57. The van der Waals surface area contributed by atoms with Crippen molar-refractivity contribution in [2.75, 3.05) is 6.61 Å². The van der Waals surface area contributed by atoms with Gasteiger partial charge in [-0.05, 0) is 24.6 Å². The summed E-state index contributed by atoms with van der Waals surface area (Å²) in [4.78, 5) is 11.7. The summed E-state index contributed by atoms with van der Waals surface area (Å²) in [7, 11) is 0. The average Bonchev–Trinajstić information content (AvgIpc) is 2.60. The zero-order valence-corrected chi connectivity index (χ0v) is 13.4. The van der Waals surface area contributed by atoms with E-state index in [1.165, 1.54) is 19.1 Å². The Kier molecular flexibility index (Phi) is 5.69. The lowest BCUT2D eigenvalue weighted by molar-refractivity contribution is -0.267. The number of halogens is 3. The van der Waals surface area contributed by atoms with Crippen LogP contribution in [0.4, 0.5) is 13.2 Å². The predicted molar refractivity (Wildman–Crippen MR) is 83.8 cm³/mol. The lowest BCUT2D eigenvalue weighted by Crippen LogP contribution is -2.50. The molecule has 0 aromatic heterocycles. The maximum absolute atomic E-state index is 13.3. The van der Waals surface area contributed by atoms with E-state index in [-0.39, 0.29) is 13.2 Å². The SMILES string of the molecule is CCOC(=O)[C@](O)(c1ccc(OCc2ccccc2)cc1)C(F)(F)F. The molecule has 0 fully saturated rings. The van der Waals surface area contributed by atoms with Crippen molar-refractivity contribution in [2.24, 2.45) is 0 Å². The highest BCUT2D eigenvalue weighted by molar-refractivity contribution is 5.82. The number of ether oxygens (including phenoxy) is 2. The molecular formula is C18H17F3O4. The van der Waals surface area contributed by atoms with Gasteiger partial charge in [-0.25, -0.2) is 4.79 Å². The molecule has 0 bridgehead atoms. The smallest absolute Gasteiger partial charge is 0.432 e. The van der Waals surface area contributed by atoms with Gasteiger partial charge in [-0.1, -0.05) is 42.5 Å². The minimum absolute atomic E-state index is 0.238. The van der Waals surface area contributed by atoms with E-state index < -0.39 is 23.3 Å². The molecule has 2 rings (SSSR count). The second-order valence-corrected chi connectivity index (χ2v) is 5.23. The Labute approximate surface area is 142 Å². The normalized spacial score (nSPS) is 13.8. The number of alkyl halides is 3. The van der Waals surface area contributed by atoms with E-state index >= 15 is 0 Å². The molecular weight excluding hydrogens is 337 g/mol. The number of carbonyl (C=O) groups excluding carboxylic acids is 1. The molecule has 0 spiro atoms. The van der Waals surface area contributed by atoms with Crippen molar-refractivity contribution in [1.82, 2.24) is 0 Å². The topological polar surface area (TPSA) is 55.8 Å². The molecule has 0 saturated carbocycles. The molecule has 0 aliphatic heterocycles. The molecule has 2 aromatic rings. The van der Waals surface area contributed by atoms with Gasteiger partial charge < -0.3 is 14.6 Å². The summed E-state index contributed by atoms with van der Waals surface area (Å²) in [6.07, 6.45) is -5.22. The lowest BCUT2D eigenvalue weighted by atomic mass is 9.93. The number of esters is 1. The van der Waals surface area contributed by atoms with E-state index in [9.17, 15) is 23.1 Å². The van der Waals surface area contributed by atoms with Crippen LogP contribution in [0.5, 0.6) is 5.75 Å². The molecule has 0 heterocycles. The molecule has 2 aromatic carbocycles. The van der Waals surface area contributed by atoms with Crippen LogP contribution in [0.25, 0.3) is 0 Å². The van der Waals surface area contributed by atoms with Crippen LogP contribution in [0.15, 0.2) is 54.6 Å². The van der Waals surface area contributed by atoms with E-state index in [0.717, 1.165) is 17.7 Å². The summed E-state index contributed by atoms with van der Waals surface area (Å²) >= 11 is 0. The van der Waals surface area contributed by atoms with E-state index in [1.54, 1.807) is 0 Å². The quantitative estimate of drug-likeness (QED) is 0.806. The molecule has 0 radical (unpaired) electrons. The number of hydrogen-bond acceptors (Lipinski definition) is 4. The third-order valence-electron chi connectivity index (χ3n) is 3.50. The summed E-state index contributed by atoms with van der Waals surface area (Å²) in [5, 5.41) is 9.98. The minimum atomic E-state index is -5.22. The number of benzene rings is 2. The fourth-order valence-electron chi connectivity index (χ4n) is 2.17. The molecule has 1 N–H and O–H groups in total. The first-order valence-corrected chi connectivity index (χ1v) is 7.52. The van der Waals surface area contributed by atoms with Crippen molar-refractivity contribution < 1.29 is 32.5 Å².